The van der Waals surface area contributed by atoms with Crippen LogP contribution in [0.4, 0.5) is 0 Å². The SMILES string of the molecule is CC(C)CCOCCNC1CC(Cl)C1(C)C. The van der Waals surface area contributed by atoms with Crippen LogP contribution in [0.2, 0.25) is 0 Å². The van der Waals surface area contributed by atoms with Crippen LogP contribution in [0.15, 0.2) is 0 Å². The Morgan fingerprint density at radius 1 is 1.38 bits per heavy atom. The number of rotatable bonds is 7. The molecule has 0 heterocycles. The van der Waals surface area contributed by atoms with Gasteiger partial charge in [-0.25, -0.2) is 0 Å². The molecule has 1 aliphatic carbocycles. The van der Waals surface area contributed by atoms with Gasteiger partial charge in [-0.05, 0) is 24.2 Å². The highest BCUT2D eigenvalue weighted by atomic mass is 35.5. The Balaban J connectivity index is 1.96. The molecule has 0 spiro atoms. The van der Waals surface area contributed by atoms with Gasteiger partial charge >= 0.3 is 0 Å². The van der Waals surface area contributed by atoms with Crippen molar-refractivity contribution in [2.24, 2.45) is 11.3 Å². The molecule has 1 saturated carbocycles. The summed E-state index contributed by atoms with van der Waals surface area (Å²) in [6, 6.07) is 0.559. The van der Waals surface area contributed by atoms with Crippen molar-refractivity contribution in [2.45, 2.75) is 52.0 Å². The number of nitrogens with one attached hydrogen (secondary N) is 1. The molecule has 1 aliphatic rings. The molecule has 0 saturated heterocycles. The van der Waals surface area contributed by atoms with E-state index in [-0.39, 0.29) is 5.41 Å². The second kappa shape index (κ2) is 6.23. The maximum Gasteiger partial charge on any atom is 0.0591 e. The summed E-state index contributed by atoms with van der Waals surface area (Å²) >= 11 is 6.16. The van der Waals surface area contributed by atoms with Gasteiger partial charge < -0.3 is 10.1 Å². The zero-order valence-electron chi connectivity index (χ0n) is 11.1. The Hall–Kier alpha value is 0.210. The van der Waals surface area contributed by atoms with E-state index in [1.165, 1.54) is 0 Å². The summed E-state index contributed by atoms with van der Waals surface area (Å²) in [5.41, 5.74) is 0.236. The normalized spacial score (nSPS) is 28.1. The molecule has 3 heteroatoms. The van der Waals surface area contributed by atoms with Gasteiger partial charge in [0.2, 0.25) is 0 Å². The third kappa shape index (κ3) is 3.90. The van der Waals surface area contributed by atoms with E-state index < -0.39 is 0 Å². The molecule has 96 valence electrons. The van der Waals surface area contributed by atoms with Crippen LogP contribution in [0.25, 0.3) is 0 Å². The lowest BCUT2D eigenvalue weighted by Crippen LogP contribution is -2.58. The molecule has 0 aromatic rings. The quantitative estimate of drug-likeness (QED) is 0.552. The highest BCUT2D eigenvalue weighted by Crippen LogP contribution is 2.44. The van der Waals surface area contributed by atoms with Crippen LogP contribution < -0.4 is 5.32 Å². The standard InChI is InChI=1S/C13H26ClNO/c1-10(2)5-7-16-8-6-15-12-9-11(14)13(12,3)4/h10-12,15H,5-9H2,1-4H3. The maximum absolute atomic E-state index is 6.16. The van der Waals surface area contributed by atoms with Crippen molar-refractivity contribution in [2.75, 3.05) is 19.8 Å². The fourth-order valence-electron chi connectivity index (χ4n) is 1.95. The first-order chi connectivity index (χ1) is 7.44. The fourth-order valence-corrected chi connectivity index (χ4v) is 2.28. The molecule has 2 nitrogen and oxygen atoms in total. The van der Waals surface area contributed by atoms with Crippen LogP contribution in [0.5, 0.6) is 0 Å². The van der Waals surface area contributed by atoms with E-state index in [9.17, 15) is 0 Å². The van der Waals surface area contributed by atoms with Crippen LogP contribution in [-0.4, -0.2) is 31.2 Å². The van der Waals surface area contributed by atoms with Crippen LogP contribution >= 0.6 is 11.6 Å². The van der Waals surface area contributed by atoms with Gasteiger partial charge in [-0.15, -0.1) is 11.6 Å². The Bertz CT molecular complexity index is 206. The van der Waals surface area contributed by atoms with Crippen molar-refractivity contribution >= 4 is 11.6 Å². The molecule has 0 bridgehead atoms. The van der Waals surface area contributed by atoms with Gasteiger partial charge in [-0.3, -0.25) is 0 Å². The summed E-state index contributed by atoms with van der Waals surface area (Å²) in [4.78, 5) is 0. The second-order valence-electron chi connectivity index (χ2n) is 5.83. The molecular formula is C13H26ClNO. The fraction of sp³-hybridized carbons (Fsp3) is 1.00. The molecule has 16 heavy (non-hydrogen) atoms. The molecular weight excluding hydrogens is 222 g/mol. The number of hydrogen-bond acceptors (Lipinski definition) is 2. The zero-order chi connectivity index (χ0) is 12.2. The zero-order valence-corrected chi connectivity index (χ0v) is 11.8. The minimum absolute atomic E-state index is 0.236. The topological polar surface area (TPSA) is 21.3 Å². The van der Waals surface area contributed by atoms with Gasteiger partial charge in [-0.1, -0.05) is 27.7 Å². The van der Waals surface area contributed by atoms with Gasteiger partial charge in [-0.2, -0.15) is 0 Å². The molecule has 1 fully saturated rings. The van der Waals surface area contributed by atoms with Crippen molar-refractivity contribution in [3.05, 3.63) is 0 Å². The summed E-state index contributed by atoms with van der Waals surface area (Å²) in [6.07, 6.45) is 2.24. The first kappa shape index (κ1) is 14.3. The molecule has 1 N–H and O–H groups in total. The smallest absolute Gasteiger partial charge is 0.0591 e. The number of hydrogen-bond donors (Lipinski definition) is 1. The van der Waals surface area contributed by atoms with Crippen LogP contribution in [-0.2, 0) is 4.74 Å². The molecule has 0 amide bonds. The summed E-state index contributed by atoms with van der Waals surface area (Å²) < 4.78 is 5.56. The van der Waals surface area contributed by atoms with Crippen molar-refractivity contribution in [1.82, 2.24) is 5.32 Å². The lowest BCUT2D eigenvalue weighted by atomic mass is 9.67. The first-order valence-corrected chi connectivity index (χ1v) is 6.83. The summed E-state index contributed by atoms with van der Waals surface area (Å²) in [7, 11) is 0. The highest BCUT2D eigenvalue weighted by molar-refractivity contribution is 6.21. The van der Waals surface area contributed by atoms with E-state index in [0.717, 1.165) is 38.5 Å². The van der Waals surface area contributed by atoms with E-state index in [2.05, 4.69) is 33.0 Å². The van der Waals surface area contributed by atoms with Crippen LogP contribution in [0.3, 0.4) is 0 Å². The van der Waals surface area contributed by atoms with Crippen molar-refractivity contribution in [1.29, 1.82) is 0 Å². The van der Waals surface area contributed by atoms with Crippen molar-refractivity contribution < 1.29 is 4.74 Å². The summed E-state index contributed by atoms with van der Waals surface area (Å²) in [6.45, 7) is 11.5. The van der Waals surface area contributed by atoms with Crippen molar-refractivity contribution in [3.63, 3.8) is 0 Å². The average molecular weight is 248 g/mol. The maximum atomic E-state index is 6.16. The molecule has 2 atom stereocenters. The van der Waals surface area contributed by atoms with E-state index in [1.807, 2.05) is 0 Å². The van der Waals surface area contributed by atoms with E-state index >= 15 is 0 Å². The minimum Gasteiger partial charge on any atom is -0.380 e. The molecule has 0 aliphatic heterocycles. The number of alkyl halides is 1. The monoisotopic (exact) mass is 247 g/mol. The van der Waals surface area contributed by atoms with E-state index in [1.54, 1.807) is 0 Å². The number of halogens is 1. The Kier molecular flexibility index (Phi) is 5.55. The lowest BCUT2D eigenvalue weighted by Gasteiger charge is -2.49. The van der Waals surface area contributed by atoms with Gasteiger partial charge in [0, 0.05) is 24.6 Å². The lowest BCUT2D eigenvalue weighted by molar-refractivity contribution is 0.0880. The van der Waals surface area contributed by atoms with Gasteiger partial charge in [0.05, 0.1) is 6.61 Å². The third-order valence-electron chi connectivity index (χ3n) is 3.62. The van der Waals surface area contributed by atoms with E-state index in [0.29, 0.717) is 11.4 Å². The summed E-state index contributed by atoms with van der Waals surface area (Å²) in [5, 5.41) is 3.84. The molecule has 0 aromatic heterocycles. The molecule has 1 rings (SSSR count). The second-order valence-corrected chi connectivity index (χ2v) is 6.35. The predicted octanol–water partition coefficient (Wildman–Crippen LogP) is 3.04. The molecule has 0 aromatic carbocycles. The Morgan fingerprint density at radius 2 is 2.06 bits per heavy atom. The van der Waals surface area contributed by atoms with Gasteiger partial charge in [0.15, 0.2) is 0 Å². The average Bonchev–Trinajstić information content (AvgIpc) is 2.21. The molecule has 2 unspecified atom stereocenters. The highest BCUT2D eigenvalue weighted by Gasteiger charge is 2.46. The van der Waals surface area contributed by atoms with Gasteiger partial charge in [0.25, 0.3) is 0 Å². The van der Waals surface area contributed by atoms with Crippen LogP contribution in [0.1, 0.15) is 40.5 Å². The van der Waals surface area contributed by atoms with Crippen LogP contribution in [0, 0.1) is 11.3 Å². The van der Waals surface area contributed by atoms with Gasteiger partial charge in [0.1, 0.15) is 0 Å². The molecule has 0 radical (unpaired) electrons. The largest absolute Gasteiger partial charge is 0.380 e. The summed E-state index contributed by atoms with van der Waals surface area (Å²) in [5.74, 6) is 0.732. The van der Waals surface area contributed by atoms with E-state index in [4.69, 9.17) is 16.3 Å². The van der Waals surface area contributed by atoms with Crippen molar-refractivity contribution in [3.8, 4) is 0 Å². The number of ether oxygens (including phenoxy) is 1. The Morgan fingerprint density at radius 3 is 2.56 bits per heavy atom. The predicted molar refractivity (Wildman–Crippen MR) is 70.1 cm³/mol. The third-order valence-corrected chi connectivity index (χ3v) is 4.37. The Labute approximate surface area is 105 Å². The first-order valence-electron chi connectivity index (χ1n) is 6.39. The minimum atomic E-state index is 0.236.